The van der Waals surface area contributed by atoms with Crippen LogP contribution in [0.25, 0.3) is 45.0 Å². The van der Waals surface area contributed by atoms with Crippen molar-refractivity contribution in [3.8, 4) is 45.0 Å². The molecule has 0 saturated carbocycles. The second kappa shape index (κ2) is 53.4. The molecule has 0 aliphatic carbocycles. The van der Waals surface area contributed by atoms with Crippen LogP contribution in [-0.4, -0.2) is 295 Å². The zero-order chi connectivity index (χ0) is 100.0. The number of aryl methyl sites for hydroxylation is 4. The van der Waals surface area contributed by atoms with Crippen molar-refractivity contribution in [3.63, 3.8) is 0 Å². The number of carbonyl (C=O) groups is 8. The van der Waals surface area contributed by atoms with Gasteiger partial charge in [-0.05, 0) is 137 Å². The van der Waals surface area contributed by atoms with Crippen LogP contribution in [0.4, 0.5) is 22.7 Å². The summed E-state index contributed by atoms with van der Waals surface area (Å²) in [4.78, 5) is 121. The van der Waals surface area contributed by atoms with Gasteiger partial charge in [0.2, 0.25) is 0 Å². The van der Waals surface area contributed by atoms with Gasteiger partial charge in [-0.2, -0.15) is 64.3 Å². The van der Waals surface area contributed by atoms with Gasteiger partial charge in [0.25, 0.3) is 41.4 Å². The Balaban J connectivity index is 0.000000150. The molecule has 4 fully saturated rings. The standard InChI is InChI=1S/C23H27N7O5S.C23H27N7O4S.C23H29N7O4S.C23H27N7O3S.BH2OP.Li/c31-22-19-4-1-3-18(26-19)16-13-25-29(14-16)8-2-11-36(33,34)12-7-24-23(32)21-20(27-22)15-30(28-21)17-5-9-35-10-6-17;31-22-19-4-1-3-18(26-19)16-13-25-29(14-16)8-2-11-35(33)12-7-24-23(32)21-20(27-22)15-30(28-21)17-5-9-34-10-6-17;24-7-12-35-11-2-8-29-14-16(13-25-29)18-3-1-4-19(26-18)22(31)27-20-15-30(28-21(20)23(32)33)17-5-9-34-10-6-17;31-22-19-4-1-3-18(26-19)16-13-25-29(14-16)8-2-11-34-12-7-24-23(32)21-20(27-22)15-30(28-21)17-5-9-33-10-6-17;2-1-3;/h1,3-4,13-15,17H,2,5-12H2,(H,24,32)(H,27,31);1,3-4,13-15,17H,2,5-12H2,(H,24,32)(H,27,31);1,3-4,13-15,17H,2,5-12,24H2,(H,27,31)(H,32,33);1,3-4,13-15,17H,2,5-12H2,(H,24,32)(H,27,31);3H2;/q;;;;;+1. The number of nitrogens with one attached hydrogen (secondary N) is 7. The van der Waals surface area contributed by atoms with Crippen LogP contribution in [0.5, 0.6) is 0 Å². The van der Waals surface area contributed by atoms with Crippen molar-refractivity contribution < 1.29 is 98.6 Å². The number of rotatable bonds is 14. The third kappa shape index (κ3) is 30.1. The van der Waals surface area contributed by atoms with E-state index in [-0.39, 0.29) is 130 Å². The molecule has 12 aromatic heterocycles. The summed E-state index contributed by atoms with van der Waals surface area (Å²) in [5.74, 6) is 0.0473. The molecular weight excluding hydrogens is 1950 g/mol. The van der Waals surface area contributed by atoms with Crippen molar-refractivity contribution in [2.75, 3.05) is 146 Å². The number of thioether (sulfide) groups is 2. The topological polar surface area (TPSA) is 566 Å². The van der Waals surface area contributed by atoms with E-state index >= 15 is 0 Å². The summed E-state index contributed by atoms with van der Waals surface area (Å²) in [6, 6.07) is 21.0. The van der Waals surface area contributed by atoms with E-state index in [2.05, 4.69) is 97.9 Å². The van der Waals surface area contributed by atoms with E-state index in [1.54, 1.807) is 156 Å². The number of aromatic carboxylic acids is 1. The number of aromatic nitrogens is 20. The number of amides is 7. The van der Waals surface area contributed by atoms with Gasteiger partial charge in [-0.1, -0.05) is 24.3 Å². The second-order valence-electron chi connectivity index (χ2n) is 33.9. The van der Waals surface area contributed by atoms with E-state index in [0.29, 0.717) is 150 Å². The van der Waals surface area contributed by atoms with Gasteiger partial charge >= 0.3 is 45.5 Å². The number of fused-ring (bicyclic) bond motifs is 18. The molecule has 12 bridgehead atoms. The van der Waals surface area contributed by atoms with Gasteiger partial charge in [0.15, 0.2) is 32.6 Å². The fourth-order valence-corrected chi connectivity index (χ4v) is 20.0. The number of pyridine rings is 4. The molecule has 7 amide bonds. The maximum absolute atomic E-state index is 13.1. The molecule has 0 radical (unpaired) electrons. The summed E-state index contributed by atoms with van der Waals surface area (Å²) in [5.41, 5.74) is 13.1. The van der Waals surface area contributed by atoms with Crippen molar-refractivity contribution in [1.82, 2.24) is 114 Å². The van der Waals surface area contributed by atoms with E-state index < -0.39 is 62.0 Å². The van der Waals surface area contributed by atoms with E-state index in [1.165, 1.54) is 0 Å². The Morgan fingerprint density at radius 1 is 0.493 bits per heavy atom. The number of hydrogen-bond donors (Lipinski definition) is 9. The Labute approximate surface area is 854 Å². The zero-order valence-electron chi connectivity index (χ0n) is 79.4. The molecule has 754 valence electrons. The first-order chi connectivity index (χ1) is 69.6. The number of carboxylic acid groups (broad SMARTS) is 1. The normalized spacial score (nSPS) is 17.6. The van der Waals surface area contributed by atoms with Crippen molar-refractivity contribution in [3.05, 3.63) is 193 Å². The predicted molar refractivity (Wildman–Crippen MR) is 538 cm³/mol. The minimum Gasteiger partial charge on any atom is -0.381 e. The predicted octanol–water partition coefficient (Wildman–Crippen LogP) is 4.89. The van der Waals surface area contributed by atoms with Crippen molar-refractivity contribution in [2.24, 2.45) is 5.73 Å². The Morgan fingerprint density at radius 2 is 0.896 bits per heavy atom. The number of carbonyl (C=O) groups excluding carboxylic acids is 7. The molecule has 0 spiro atoms. The van der Waals surface area contributed by atoms with Gasteiger partial charge in [0, 0.05) is 211 Å². The van der Waals surface area contributed by atoms with Crippen molar-refractivity contribution in [2.45, 2.75) is 127 Å². The zero-order valence-corrected chi connectivity index (χ0v) is 83.8. The summed E-state index contributed by atoms with van der Waals surface area (Å²) in [5, 5.41) is 64.2. The van der Waals surface area contributed by atoms with Crippen LogP contribution in [0.3, 0.4) is 0 Å². The van der Waals surface area contributed by atoms with E-state index in [0.717, 1.165) is 117 Å². The van der Waals surface area contributed by atoms with Gasteiger partial charge in [-0.25, -0.2) is 33.1 Å². The summed E-state index contributed by atoms with van der Waals surface area (Å²) in [6.45, 7) is 9.56. The number of ether oxygens (including phenoxy) is 4. The Kier molecular flexibility index (Phi) is 39.8. The van der Waals surface area contributed by atoms with Gasteiger partial charge in [0.1, 0.15) is 22.8 Å². The van der Waals surface area contributed by atoms with Gasteiger partial charge in [-0.15, -0.1) is 0 Å². The monoisotopic (exact) mass is 2060 g/mol. The molecule has 2 atom stereocenters. The smallest absolute Gasteiger partial charge is 0.381 e. The Morgan fingerprint density at radius 3 is 1.35 bits per heavy atom. The number of sulfone groups is 1. The molecule has 144 heavy (non-hydrogen) atoms. The number of carboxylic acids is 1. The number of anilines is 4. The minimum atomic E-state index is -3.38. The molecule has 52 heteroatoms. The first-order valence-electron chi connectivity index (χ1n) is 47.1. The fraction of sp³-hybridized carbons (Fsp3) is 0.435. The summed E-state index contributed by atoms with van der Waals surface area (Å²) < 4.78 is 81.7. The quantitative estimate of drug-likeness (QED) is 0.0397. The molecule has 7 aliphatic rings. The maximum atomic E-state index is 13.1. The van der Waals surface area contributed by atoms with Crippen molar-refractivity contribution >= 4 is 130 Å². The molecule has 12 aromatic rings. The SMILES string of the molecule is NCCSCCCn1cc(-c2cccc(C(=O)Nc3cn(C4CCOCC4)nc3C(=O)O)n2)cn1.O=BP.O=C1Nc2cn(C3CCOCC3)nc2C(=O)NCCS(=O)(=O)CCCn2cc(cn2)-c2cccc1n2.O=C1Nc2cn(C3CCOCC3)nc2C(=O)NCCS(=O)CCCn2cc(cn2)-c2cccc1n2.O=C1Nc2cn(C3CCOCC3)nc2C(=O)NCCSCCCn2cc(cn2)-c2cccc1n2.[Li+]. The third-order valence-electron chi connectivity index (χ3n) is 23.7. The summed E-state index contributed by atoms with van der Waals surface area (Å²) >= 11 is 3.61. The second-order valence-corrected chi connectivity index (χ2v) is 40.6. The van der Waals surface area contributed by atoms with Crippen LogP contribution in [0, 0.1) is 0 Å². The van der Waals surface area contributed by atoms with E-state index in [1.807, 2.05) is 61.0 Å². The molecule has 0 aromatic carbocycles. The van der Waals surface area contributed by atoms with Gasteiger partial charge < -0.3 is 67.0 Å². The maximum Gasteiger partial charge on any atom is 1.00 e. The Bertz CT molecular complexity index is 6560. The molecule has 4 saturated heterocycles. The van der Waals surface area contributed by atoms with Crippen LogP contribution in [0.15, 0.2) is 147 Å². The first kappa shape index (κ1) is 107. The molecule has 7 aliphatic heterocycles. The van der Waals surface area contributed by atoms with Gasteiger partial charge in [0.05, 0.1) is 106 Å². The van der Waals surface area contributed by atoms with Crippen LogP contribution >= 0.6 is 32.6 Å². The number of hydrogen-bond acceptors (Lipinski definition) is 31. The molecule has 19 heterocycles. The van der Waals surface area contributed by atoms with Crippen LogP contribution in [0.1, 0.15) is 185 Å². The molecule has 2 unspecified atom stereocenters. The fourth-order valence-electron chi connectivity index (χ4n) is 16.3. The largest absolute Gasteiger partial charge is 1.00 e. The first-order valence-corrected chi connectivity index (χ1v) is 53.4. The van der Waals surface area contributed by atoms with E-state index in [9.17, 15) is 56.1 Å². The van der Waals surface area contributed by atoms with Crippen LogP contribution in [0.2, 0.25) is 0 Å². The number of nitrogens with two attached hydrogens (primary N) is 1. The number of nitrogens with zero attached hydrogens (tertiary/aromatic N) is 20. The minimum absolute atomic E-state index is 0. The summed E-state index contributed by atoms with van der Waals surface area (Å²) in [7, 11) is -2.56. The molecule has 10 N–H and O–H groups in total. The summed E-state index contributed by atoms with van der Waals surface area (Å²) in [6.07, 6.45) is 30.0. The van der Waals surface area contributed by atoms with Gasteiger partial charge in [-0.3, -0.25) is 75.2 Å². The van der Waals surface area contributed by atoms with Crippen molar-refractivity contribution in [1.29, 1.82) is 0 Å². The molecule has 45 nitrogen and oxygen atoms in total. The Hall–Kier alpha value is -12.5. The average molecular weight is 2060 g/mol. The molecule has 19 rings (SSSR count). The van der Waals surface area contributed by atoms with Crippen LogP contribution in [-0.2, 0) is 70.5 Å². The molecular formula is C92H112BLiN28O17PS4+. The average Bonchev–Trinajstić information content (AvgIpc) is 1.67. The third-order valence-corrected chi connectivity index (χ3v) is 29.0. The van der Waals surface area contributed by atoms with Crippen LogP contribution < -0.4 is 61.8 Å². The van der Waals surface area contributed by atoms with E-state index in [4.69, 9.17) is 29.4 Å².